The number of rotatable bonds is 11. The molecule has 0 spiro atoms. The zero-order valence-electron chi connectivity index (χ0n) is 20.9. The number of hydrogen-bond donors (Lipinski definition) is 0. The monoisotopic (exact) mass is 491 g/mol. The van der Waals surface area contributed by atoms with Crippen molar-refractivity contribution in [2.75, 3.05) is 38.1 Å². The van der Waals surface area contributed by atoms with Crippen LogP contribution in [0.3, 0.4) is 0 Å². The van der Waals surface area contributed by atoms with E-state index in [-0.39, 0.29) is 12.8 Å². The summed E-state index contributed by atoms with van der Waals surface area (Å²) < 4.78 is 28.4. The van der Waals surface area contributed by atoms with Crippen LogP contribution in [0, 0.1) is 0 Å². The molecule has 7 nitrogen and oxygen atoms in total. The van der Waals surface area contributed by atoms with Crippen LogP contribution in [0.25, 0.3) is 0 Å². The summed E-state index contributed by atoms with van der Waals surface area (Å²) >= 11 is 0. The number of benzene rings is 3. The lowest BCUT2D eigenvalue weighted by atomic mass is 10.1. The molecular weight excluding hydrogens is 458 g/mol. The van der Waals surface area contributed by atoms with Gasteiger partial charge < -0.3 is 28.6 Å². The molecule has 0 saturated carbocycles. The molecule has 0 aromatic heterocycles. The topological polar surface area (TPSA) is 66.5 Å². The highest BCUT2D eigenvalue weighted by Gasteiger charge is 2.21. The summed E-state index contributed by atoms with van der Waals surface area (Å²) in [7, 11) is 0. The number of carbonyl (C=O) groups is 1. The molecule has 0 radical (unpaired) electrons. The van der Waals surface area contributed by atoms with Crippen molar-refractivity contribution >= 4 is 17.3 Å². The Hall–Kier alpha value is -3.71. The van der Waals surface area contributed by atoms with Crippen molar-refractivity contribution in [2.45, 2.75) is 32.8 Å². The molecule has 3 aromatic carbocycles. The minimum Gasteiger partial charge on any atom is -0.494 e. The third-order valence-corrected chi connectivity index (χ3v) is 5.80. The zero-order valence-corrected chi connectivity index (χ0v) is 20.9. The van der Waals surface area contributed by atoms with Crippen molar-refractivity contribution in [3.05, 3.63) is 78.4 Å². The fraction of sp³-hybridized carbons (Fsp3) is 0.345. The molecule has 3 aromatic rings. The second-order valence-corrected chi connectivity index (χ2v) is 8.24. The standard InChI is InChI=1S/C29H33NO6/c1-3-32-28(29(31)33-4-2)20-22-14-16-23(17-15-22)34-19-9-18-30-24-10-5-7-12-26(24)35-21-36-27-13-8-6-11-25(27)30/h5-8,10-17,28H,3-4,9,18-21H2,1-2H3. The first-order chi connectivity index (χ1) is 17.7. The molecule has 4 rings (SSSR count). The summed E-state index contributed by atoms with van der Waals surface area (Å²) in [6.07, 6.45) is 0.656. The second kappa shape index (κ2) is 12.8. The first-order valence-corrected chi connectivity index (χ1v) is 12.4. The van der Waals surface area contributed by atoms with Gasteiger partial charge in [0, 0.05) is 19.6 Å². The van der Waals surface area contributed by atoms with E-state index in [1.54, 1.807) is 6.92 Å². The Kier molecular flexibility index (Phi) is 9.05. The van der Waals surface area contributed by atoms with Gasteiger partial charge in [-0.1, -0.05) is 36.4 Å². The third kappa shape index (κ3) is 6.49. The van der Waals surface area contributed by atoms with Crippen molar-refractivity contribution < 1.29 is 28.5 Å². The van der Waals surface area contributed by atoms with E-state index in [0.29, 0.717) is 26.2 Å². The fourth-order valence-corrected chi connectivity index (χ4v) is 4.13. The Balaban J connectivity index is 1.35. The summed E-state index contributed by atoms with van der Waals surface area (Å²) in [5, 5.41) is 0. The first kappa shape index (κ1) is 25.4. The molecule has 0 saturated heterocycles. The van der Waals surface area contributed by atoms with Gasteiger partial charge in [0.2, 0.25) is 6.79 Å². The normalized spacial score (nSPS) is 13.2. The van der Waals surface area contributed by atoms with Crippen LogP contribution in [0.1, 0.15) is 25.8 Å². The minimum absolute atomic E-state index is 0.173. The lowest BCUT2D eigenvalue weighted by molar-refractivity contribution is -0.156. The maximum absolute atomic E-state index is 12.1. The Labute approximate surface area is 212 Å². The molecule has 1 atom stereocenters. The molecule has 1 unspecified atom stereocenters. The van der Waals surface area contributed by atoms with E-state index in [4.69, 9.17) is 23.7 Å². The minimum atomic E-state index is -0.599. The Bertz CT molecular complexity index is 1070. The molecule has 0 bridgehead atoms. The van der Waals surface area contributed by atoms with E-state index in [1.165, 1.54) is 0 Å². The van der Waals surface area contributed by atoms with Gasteiger partial charge in [-0.3, -0.25) is 0 Å². The Morgan fingerprint density at radius 2 is 1.53 bits per heavy atom. The van der Waals surface area contributed by atoms with Crippen molar-refractivity contribution in [3.63, 3.8) is 0 Å². The number of fused-ring (bicyclic) bond motifs is 2. The van der Waals surface area contributed by atoms with E-state index >= 15 is 0 Å². The highest BCUT2D eigenvalue weighted by atomic mass is 16.7. The summed E-state index contributed by atoms with van der Waals surface area (Å²) in [5.74, 6) is 2.03. The summed E-state index contributed by atoms with van der Waals surface area (Å²) in [4.78, 5) is 14.3. The van der Waals surface area contributed by atoms with Crippen LogP contribution in [0.2, 0.25) is 0 Å². The van der Waals surface area contributed by atoms with Gasteiger partial charge in [0.05, 0.1) is 24.6 Å². The summed E-state index contributed by atoms with van der Waals surface area (Å²) in [5.41, 5.74) is 2.99. The van der Waals surface area contributed by atoms with Gasteiger partial charge in [0.25, 0.3) is 0 Å². The predicted octanol–water partition coefficient (Wildman–Crippen LogP) is 5.53. The van der Waals surface area contributed by atoms with Gasteiger partial charge in [-0.25, -0.2) is 4.79 Å². The maximum atomic E-state index is 12.1. The molecule has 0 aliphatic carbocycles. The molecule has 7 heteroatoms. The number of ether oxygens (including phenoxy) is 5. The third-order valence-electron chi connectivity index (χ3n) is 5.80. The first-order valence-electron chi connectivity index (χ1n) is 12.4. The quantitative estimate of drug-likeness (QED) is 0.258. The molecule has 190 valence electrons. The SMILES string of the molecule is CCOC(=O)C(Cc1ccc(OCCCN2c3ccccc3OCOc3ccccc32)cc1)OCC. The van der Waals surface area contributed by atoms with E-state index in [9.17, 15) is 4.79 Å². The number of esters is 1. The van der Waals surface area contributed by atoms with Crippen molar-refractivity contribution in [1.29, 1.82) is 0 Å². The molecule has 36 heavy (non-hydrogen) atoms. The molecule has 0 amide bonds. The summed E-state index contributed by atoms with van der Waals surface area (Å²) in [6.45, 7) is 5.90. The molecule has 0 fully saturated rings. The predicted molar refractivity (Wildman–Crippen MR) is 138 cm³/mol. The zero-order chi connectivity index (χ0) is 25.2. The number of anilines is 2. The highest BCUT2D eigenvalue weighted by Crippen LogP contribution is 2.40. The van der Waals surface area contributed by atoms with Crippen LogP contribution >= 0.6 is 0 Å². The average Bonchev–Trinajstić information content (AvgIpc) is 2.89. The number of nitrogens with zero attached hydrogens (tertiary/aromatic N) is 1. The van der Waals surface area contributed by atoms with Gasteiger partial charge in [-0.05, 0) is 62.2 Å². The van der Waals surface area contributed by atoms with Gasteiger partial charge in [0.1, 0.15) is 17.2 Å². The van der Waals surface area contributed by atoms with E-state index in [2.05, 4.69) is 17.0 Å². The van der Waals surface area contributed by atoms with Gasteiger partial charge >= 0.3 is 5.97 Å². The highest BCUT2D eigenvalue weighted by molar-refractivity contribution is 5.75. The van der Waals surface area contributed by atoms with Crippen molar-refractivity contribution in [3.8, 4) is 17.2 Å². The Morgan fingerprint density at radius 1 is 0.889 bits per heavy atom. The fourth-order valence-electron chi connectivity index (χ4n) is 4.13. The molecular formula is C29H33NO6. The average molecular weight is 492 g/mol. The van der Waals surface area contributed by atoms with Crippen LogP contribution in [0.4, 0.5) is 11.4 Å². The molecule has 1 aliphatic heterocycles. The van der Waals surface area contributed by atoms with Crippen LogP contribution in [0.5, 0.6) is 17.2 Å². The van der Waals surface area contributed by atoms with Crippen molar-refractivity contribution in [2.24, 2.45) is 0 Å². The molecule has 0 N–H and O–H groups in total. The lowest BCUT2D eigenvalue weighted by Crippen LogP contribution is -2.28. The van der Waals surface area contributed by atoms with E-state index < -0.39 is 6.10 Å². The largest absolute Gasteiger partial charge is 0.494 e. The lowest BCUT2D eigenvalue weighted by Gasteiger charge is -2.30. The number of para-hydroxylation sites is 4. The maximum Gasteiger partial charge on any atom is 0.335 e. The van der Waals surface area contributed by atoms with Gasteiger partial charge in [0.15, 0.2) is 6.10 Å². The van der Waals surface area contributed by atoms with Crippen LogP contribution in [-0.2, 0) is 20.7 Å². The van der Waals surface area contributed by atoms with Crippen molar-refractivity contribution in [1.82, 2.24) is 0 Å². The van der Waals surface area contributed by atoms with Crippen LogP contribution < -0.4 is 19.1 Å². The molecule has 1 aliphatic rings. The van der Waals surface area contributed by atoms with Gasteiger partial charge in [-0.2, -0.15) is 0 Å². The van der Waals surface area contributed by atoms with Crippen LogP contribution in [-0.4, -0.2) is 45.2 Å². The van der Waals surface area contributed by atoms with Gasteiger partial charge in [-0.15, -0.1) is 0 Å². The second-order valence-electron chi connectivity index (χ2n) is 8.24. The number of hydrogen-bond acceptors (Lipinski definition) is 7. The van der Waals surface area contributed by atoms with Crippen LogP contribution in [0.15, 0.2) is 72.8 Å². The smallest absolute Gasteiger partial charge is 0.335 e. The Morgan fingerprint density at radius 3 is 2.14 bits per heavy atom. The van der Waals surface area contributed by atoms with E-state index in [1.807, 2.05) is 67.6 Å². The van der Waals surface area contributed by atoms with E-state index in [0.717, 1.165) is 47.2 Å². The number of carbonyl (C=O) groups excluding carboxylic acids is 1. The summed E-state index contributed by atoms with van der Waals surface area (Å²) in [6, 6.07) is 23.7. The molecule has 1 heterocycles.